The fourth-order valence-electron chi connectivity index (χ4n) is 4.14. The Morgan fingerprint density at radius 1 is 1.18 bits per heavy atom. The van der Waals surface area contributed by atoms with E-state index in [1.807, 2.05) is 13.0 Å². The molecule has 1 N–H and O–H groups in total. The molecule has 0 aromatic heterocycles. The average Bonchev–Trinajstić information content (AvgIpc) is 3.49. The number of rotatable bonds is 6. The number of nitrogens with zero attached hydrogens (tertiary/aromatic N) is 3. The second-order valence-corrected chi connectivity index (χ2v) is 8.14. The highest BCUT2D eigenvalue weighted by atomic mass is 19.1. The predicted molar refractivity (Wildman–Crippen MR) is 101 cm³/mol. The molecule has 1 aromatic rings. The normalized spacial score (nSPS) is 26.6. The molecule has 1 aliphatic carbocycles. The smallest absolute Gasteiger partial charge is 0.326 e. The first kappa shape index (κ1) is 19.1. The van der Waals surface area contributed by atoms with Crippen molar-refractivity contribution in [1.29, 1.82) is 0 Å². The number of carbonyl (C=O) groups is 2. The number of methoxy groups -OCH3 is 1. The van der Waals surface area contributed by atoms with Crippen molar-refractivity contribution in [2.45, 2.75) is 31.8 Å². The minimum Gasteiger partial charge on any atom is -0.494 e. The van der Waals surface area contributed by atoms with Gasteiger partial charge in [-0.1, -0.05) is 6.07 Å². The molecule has 2 saturated heterocycles. The molecule has 4 rings (SSSR count). The summed E-state index contributed by atoms with van der Waals surface area (Å²) < 4.78 is 18.8. The zero-order chi connectivity index (χ0) is 19.9. The molecule has 3 amide bonds. The first-order valence-corrected chi connectivity index (χ1v) is 9.82. The van der Waals surface area contributed by atoms with Crippen molar-refractivity contribution in [3.05, 3.63) is 29.6 Å². The monoisotopic (exact) mass is 390 g/mol. The number of benzene rings is 1. The molecule has 2 aliphatic heterocycles. The summed E-state index contributed by atoms with van der Waals surface area (Å²) in [7, 11) is 1.45. The molecule has 1 aromatic carbocycles. The SMILES string of the molecule is COc1ccc(CN2CCN(CN3C(=O)N[C@](C)(C4CC4)C3=O)CC2)cc1F. The highest BCUT2D eigenvalue weighted by Gasteiger charge is 2.56. The molecule has 3 aliphatic rings. The van der Waals surface area contributed by atoms with Gasteiger partial charge in [0.2, 0.25) is 0 Å². The van der Waals surface area contributed by atoms with E-state index in [9.17, 15) is 14.0 Å². The largest absolute Gasteiger partial charge is 0.494 e. The van der Waals surface area contributed by atoms with Gasteiger partial charge in [-0.2, -0.15) is 0 Å². The van der Waals surface area contributed by atoms with Crippen LogP contribution < -0.4 is 10.1 Å². The van der Waals surface area contributed by atoms with Gasteiger partial charge in [0.15, 0.2) is 11.6 Å². The predicted octanol–water partition coefficient (Wildman–Crippen LogP) is 1.63. The van der Waals surface area contributed by atoms with Gasteiger partial charge in [0, 0.05) is 32.7 Å². The molecule has 2 heterocycles. The molecule has 152 valence electrons. The van der Waals surface area contributed by atoms with Crippen molar-refractivity contribution >= 4 is 11.9 Å². The number of imide groups is 1. The minimum absolute atomic E-state index is 0.101. The van der Waals surface area contributed by atoms with Crippen molar-refractivity contribution in [2.24, 2.45) is 5.92 Å². The minimum atomic E-state index is -0.725. The quantitative estimate of drug-likeness (QED) is 0.748. The van der Waals surface area contributed by atoms with Gasteiger partial charge >= 0.3 is 6.03 Å². The maximum absolute atomic E-state index is 13.9. The van der Waals surface area contributed by atoms with Crippen LogP contribution in [-0.4, -0.2) is 72.1 Å². The van der Waals surface area contributed by atoms with E-state index >= 15 is 0 Å². The van der Waals surface area contributed by atoms with Crippen LogP contribution >= 0.6 is 0 Å². The van der Waals surface area contributed by atoms with Crippen molar-refractivity contribution in [2.75, 3.05) is 40.0 Å². The Bertz CT molecular complexity index is 777. The number of carbonyl (C=O) groups excluding carboxylic acids is 2. The van der Waals surface area contributed by atoms with E-state index in [1.54, 1.807) is 6.07 Å². The van der Waals surface area contributed by atoms with Gasteiger partial charge in [-0.05, 0) is 43.4 Å². The van der Waals surface area contributed by atoms with E-state index in [-0.39, 0.29) is 29.4 Å². The number of ether oxygens (including phenoxy) is 1. The van der Waals surface area contributed by atoms with Gasteiger partial charge in [0.1, 0.15) is 5.54 Å². The van der Waals surface area contributed by atoms with E-state index in [0.29, 0.717) is 13.2 Å². The zero-order valence-corrected chi connectivity index (χ0v) is 16.4. The summed E-state index contributed by atoms with van der Waals surface area (Å²) in [4.78, 5) is 30.8. The van der Waals surface area contributed by atoms with Gasteiger partial charge in [-0.15, -0.1) is 0 Å². The summed E-state index contributed by atoms with van der Waals surface area (Å²) >= 11 is 0. The van der Waals surface area contributed by atoms with Crippen LogP contribution in [0.2, 0.25) is 0 Å². The fraction of sp³-hybridized carbons (Fsp3) is 0.600. The maximum Gasteiger partial charge on any atom is 0.326 e. The highest BCUT2D eigenvalue weighted by molar-refractivity contribution is 6.07. The van der Waals surface area contributed by atoms with Crippen molar-refractivity contribution in [3.8, 4) is 5.75 Å². The van der Waals surface area contributed by atoms with Gasteiger partial charge in [0.05, 0.1) is 13.8 Å². The molecule has 0 radical (unpaired) electrons. The zero-order valence-electron chi connectivity index (χ0n) is 16.4. The molecule has 0 bridgehead atoms. The van der Waals surface area contributed by atoms with Crippen LogP contribution in [0.1, 0.15) is 25.3 Å². The maximum atomic E-state index is 13.9. The Morgan fingerprint density at radius 3 is 2.46 bits per heavy atom. The van der Waals surface area contributed by atoms with Gasteiger partial charge < -0.3 is 10.1 Å². The van der Waals surface area contributed by atoms with Gasteiger partial charge in [-0.25, -0.2) is 14.1 Å². The van der Waals surface area contributed by atoms with Crippen LogP contribution in [0.15, 0.2) is 18.2 Å². The molecular formula is C20H27FN4O3. The molecule has 1 atom stereocenters. The Morgan fingerprint density at radius 2 is 1.86 bits per heavy atom. The second-order valence-electron chi connectivity index (χ2n) is 8.14. The third-order valence-corrected chi connectivity index (χ3v) is 6.12. The van der Waals surface area contributed by atoms with Crippen LogP contribution in [0.5, 0.6) is 5.75 Å². The number of urea groups is 1. The standard InChI is InChI=1S/C20H27FN4O3/c1-20(15-4-5-15)18(26)25(19(27)22-20)13-24-9-7-23(8-10-24)12-14-3-6-17(28-2)16(21)11-14/h3,6,11,15H,4-5,7-10,12-13H2,1-2H3,(H,22,27)/t20-/m1/s1. The lowest BCUT2D eigenvalue weighted by Gasteiger charge is -2.36. The molecule has 8 heteroatoms. The van der Waals surface area contributed by atoms with Gasteiger partial charge in [0.25, 0.3) is 5.91 Å². The van der Waals surface area contributed by atoms with E-state index in [2.05, 4.69) is 15.1 Å². The summed E-state index contributed by atoms with van der Waals surface area (Å²) in [6.07, 6.45) is 2.00. The van der Waals surface area contributed by atoms with Crippen LogP contribution in [0.4, 0.5) is 9.18 Å². The molecule has 0 unspecified atom stereocenters. The summed E-state index contributed by atoms with van der Waals surface area (Å²) in [5.74, 6) is 0.0723. The lowest BCUT2D eigenvalue weighted by atomic mass is 9.96. The first-order valence-electron chi connectivity index (χ1n) is 9.82. The Hall–Kier alpha value is -2.19. The van der Waals surface area contributed by atoms with Crippen LogP contribution in [0, 0.1) is 11.7 Å². The van der Waals surface area contributed by atoms with Crippen molar-refractivity contribution < 1.29 is 18.7 Å². The van der Waals surface area contributed by atoms with Crippen LogP contribution in [0.25, 0.3) is 0 Å². The summed E-state index contributed by atoms with van der Waals surface area (Å²) in [5, 5.41) is 2.89. The van der Waals surface area contributed by atoms with E-state index in [1.165, 1.54) is 18.1 Å². The number of nitrogens with one attached hydrogen (secondary N) is 1. The fourth-order valence-corrected chi connectivity index (χ4v) is 4.14. The second kappa shape index (κ2) is 7.33. The third-order valence-electron chi connectivity index (χ3n) is 6.12. The molecule has 1 saturated carbocycles. The topological polar surface area (TPSA) is 65.1 Å². The number of hydrogen-bond donors (Lipinski definition) is 1. The number of amides is 3. The number of halogens is 1. The molecule has 3 fully saturated rings. The molecular weight excluding hydrogens is 363 g/mol. The summed E-state index contributed by atoms with van der Waals surface area (Å²) in [5.41, 5.74) is 0.179. The lowest BCUT2D eigenvalue weighted by molar-refractivity contribution is -0.133. The van der Waals surface area contributed by atoms with Crippen LogP contribution in [0.3, 0.4) is 0 Å². The lowest BCUT2D eigenvalue weighted by Crippen LogP contribution is -2.51. The first-order chi connectivity index (χ1) is 13.4. The Kier molecular flexibility index (Phi) is 5.01. The number of piperazine rings is 1. The van der Waals surface area contributed by atoms with Gasteiger partial charge in [-0.3, -0.25) is 14.6 Å². The number of hydrogen-bond acceptors (Lipinski definition) is 5. The molecule has 7 nitrogen and oxygen atoms in total. The summed E-state index contributed by atoms with van der Waals surface area (Å²) in [6.45, 7) is 5.96. The van der Waals surface area contributed by atoms with Crippen LogP contribution in [-0.2, 0) is 11.3 Å². The van der Waals surface area contributed by atoms with Crippen molar-refractivity contribution in [1.82, 2.24) is 20.0 Å². The average molecular weight is 390 g/mol. The summed E-state index contributed by atoms with van der Waals surface area (Å²) in [6, 6.07) is 4.75. The van der Waals surface area contributed by atoms with E-state index < -0.39 is 5.54 Å². The molecule has 0 spiro atoms. The van der Waals surface area contributed by atoms with E-state index in [4.69, 9.17) is 4.74 Å². The highest BCUT2D eigenvalue weighted by Crippen LogP contribution is 2.42. The van der Waals surface area contributed by atoms with E-state index in [0.717, 1.165) is 44.6 Å². The Balaban J connectivity index is 1.29. The third kappa shape index (κ3) is 3.58. The Labute approximate surface area is 164 Å². The molecule has 28 heavy (non-hydrogen) atoms. The van der Waals surface area contributed by atoms with Crippen molar-refractivity contribution in [3.63, 3.8) is 0 Å².